The van der Waals surface area contributed by atoms with Gasteiger partial charge in [-0.2, -0.15) is 0 Å². The molecule has 0 aliphatic carbocycles. The highest BCUT2D eigenvalue weighted by atomic mass is 79.9. The van der Waals surface area contributed by atoms with Crippen molar-refractivity contribution in [2.75, 3.05) is 30.8 Å². The molecule has 0 aromatic heterocycles. The number of methoxy groups -OCH3 is 1. The summed E-state index contributed by atoms with van der Waals surface area (Å²) in [6, 6.07) is 13.4. The molecular formula is C21H25BrN2O3. The molecule has 2 aromatic carbocycles. The first-order valence-electron chi connectivity index (χ1n) is 8.77. The number of rotatable bonds is 11. The van der Waals surface area contributed by atoms with Crippen molar-refractivity contribution in [3.63, 3.8) is 0 Å². The molecule has 0 aliphatic rings. The predicted molar refractivity (Wildman–Crippen MR) is 113 cm³/mol. The quantitative estimate of drug-likeness (QED) is 0.314. The number of nitrogens with one attached hydrogen (secondary N) is 2. The number of anilines is 1. The summed E-state index contributed by atoms with van der Waals surface area (Å²) in [5.74, 6) is 0.932. The molecule has 27 heavy (non-hydrogen) atoms. The van der Waals surface area contributed by atoms with E-state index < -0.39 is 0 Å². The van der Waals surface area contributed by atoms with Gasteiger partial charge in [0.1, 0.15) is 6.61 Å². The molecule has 0 radical (unpaired) electrons. The largest absolute Gasteiger partial charge is 0.493 e. The number of ether oxygens (including phenoxy) is 2. The van der Waals surface area contributed by atoms with E-state index >= 15 is 0 Å². The molecule has 0 unspecified atom stereocenters. The van der Waals surface area contributed by atoms with E-state index in [0.717, 1.165) is 17.3 Å². The van der Waals surface area contributed by atoms with Gasteiger partial charge in [-0.05, 0) is 18.1 Å². The molecule has 0 saturated heterocycles. The molecule has 0 spiro atoms. The van der Waals surface area contributed by atoms with E-state index in [9.17, 15) is 4.79 Å². The van der Waals surface area contributed by atoms with Crippen LogP contribution in [0.3, 0.4) is 0 Å². The highest BCUT2D eigenvalue weighted by Crippen LogP contribution is 2.34. The number of benzene rings is 2. The summed E-state index contributed by atoms with van der Waals surface area (Å²) in [6.07, 6.45) is 2.60. The van der Waals surface area contributed by atoms with Crippen LogP contribution in [0.5, 0.6) is 11.5 Å². The Kier molecular flexibility index (Phi) is 8.71. The van der Waals surface area contributed by atoms with Crippen LogP contribution in [0, 0.1) is 0 Å². The summed E-state index contributed by atoms with van der Waals surface area (Å²) in [5, 5.41) is 6.95. The molecule has 2 aromatic rings. The van der Waals surface area contributed by atoms with E-state index in [1.54, 1.807) is 25.3 Å². The smallest absolute Gasteiger partial charge is 0.253 e. The fourth-order valence-corrected chi connectivity index (χ4v) is 2.73. The lowest BCUT2D eigenvalue weighted by molar-refractivity contribution is 0.0954. The van der Waals surface area contributed by atoms with Crippen molar-refractivity contribution >= 4 is 27.5 Å². The average Bonchev–Trinajstić information content (AvgIpc) is 2.71. The Morgan fingerprint density at radius 3 is 2.67 bits per heavy atom. The average molecular weight is 433 g/mol. The molecule has 1 amide bonds. The van der Waals surface area contributed by atoms with E-state index in [-0.39, 0.29) is 5.91 Å². The Labute approximate surface area is 168 Å². The maximum atomic E-state index is 12.6. The van der Waals surface area contributed by atoms with Gasteiger partial charge in [-0.15, -0.1) is 6.58 Å². The first-order valence-corrected chi connectivity index (χ1v) is 9.89. The topological polar surface area (TPSA) is 59.6 Å². The summed E-state index contributed by atoms with van der Waals surface area (Å²) in [5.41, 5.74) is 2.24. The Balaban J connectivity index is 2.25. The first kappa shape index (κ1) is 20.8. The number of halogens is 1. The van der Waals surface area contributed by atoms with Crippen molar-refractivity contribution in [2.24, 2.45) is 0 Å². The second-order valence-electron chi connectivity index (χ2n) is 5.79. The zero-order valence-electron chi connectivity index (χ0n) is 15.5. The molecule has 2 N–H and O–H groups in total. The maximum Gasteiger partial charge on any atom is 0.253 e. The Morgan fingerprint density at radius 2 is 2.00 bits per heavy atom. The fourth-order valence-electron chi connectivity index (χ4n) is 2.45. The van der Waals surface area contributed by atoms with Gasteiger partial charge in [-0.3, -0.25) is 4.79 Å². The second kappa shape index (κ2) is 11.3. The number of hydrogen-bond acceptors (Lipinski definition) is 4. The summed E-state index contributed by atoms with van der Waals surface area (Å²) in [4.78, 5) is 12.6. The third kappa shape index (κ3) is 6.32. The molecule has 0 bridgehead atoms. The zero-order valence-corrected chi connectivity index (χ0v) is 17.1. The van der Waals surface area contributed by atoms with E-state index in [1.807, 2.05) is 30.3 Å². The van der Waals surface area contributed by atoms with Crippen LogP contribution < -0.4 is 20.1 Å². The van der Waals surface area contributed by atoms with Crippen molar-refractivity contribution in [1.82, 2.24) is 5.32 Å². The van der Waals surface area contributed by atoms with Gasteiger partial charge in [0.25, 0.3) is 5.91 Å². The van der Waals surface area contributed by atoms with Crippen molar-refractivity contribution in [1.29, 1.82) is 0 Å². The summed E-state index contributed by atoms with van der Waals surface area (Å²) in [7, 11) is 1.56. The molecule has 6 heteroatoms. The molecular weight excluding hydrogens is 408 g/mol. The minimum Gasteiger partial charge on any atom is -0.493 e. The van der Waals surface area contributed by atoms with Gasteiger partial charge in [0, 0.05) is 24.5 Å². The standard InChI is InChI=1S/C21H25BrN2O3/c1-3-11-23-18-14-20(27-15-16-8-5-4-6-9-16)19(26-2)13-17(18)21(25)24-12-7-10-22/h3-6,8-9,13-14,23H,1,7,10-12,15H2,2H3,(H,24,25). The highest BCUT2D eigenvalue weighted by Gasteiger charge is 2.17. The van der Waals surface area contributed by atoms with Crippen LogP contribution in [-0.2, 0) is 6.61 Å². The van der Waals surface area contributed by atoms with Crippen LogP contribution in [0.4, 0.5) is 5.69 Å². The van der Waals surface area contributed by atoms with Crippen LogP contribution in [-0.4, -0.2) is 31.4 Å². The van der Waals surface area contributed by atoms with Gasteiger partial charge in [0.05, 0.1) is 18.4 Å². The highest BCUT2D eigenvalue weighted by molar-refractivity contribution is 9.09. The fraction of sp³-hybridized carbons (Fsp3) is 0.286. The molecule has 0 aliphatic heterocycles. The van der Waals surface area contributed by atoms with Gasteiger partial charge in [-0.25, -0.2) is 0 Å². The molecule has 0 saturated carbocycles. The lowest BCUT2D eigenvalue weighted by Crippen LogP contribution is -2.25. The minimum atomic E-state index is -0.157. The van der Waals surface area contributed by atoms with E-state index in [4.69, 9.17) is 9.47 Å². The number of carbonyl (C=O) groups excluding carboxylic acids is 1. The van der Waals surface area contributed by atoms with Crippen molar-refractivity contribution < 1.29 is 14.3 Å². The molecule has 0 fully saturated rings. The van der Waals surface area contributed by atoms with Gasteiger partial charge < -0.3 is 20.1 Å². The number of hydrogen-bond donors (Lipinski definition) is 2. The third-order valence-electron chi connectivity index (χ3n) is 3.82. The van der Waals surface area contributed by atoms with Crippen LogP contribution >= 0.6 is 15.9 Å². The molecule has 2 rings (SSSR count). The van der Waals surface area contributed by atoms with Crippen LogP contribution in [0.15, 0.2) is 55.1 Å². The molecule has 5 nitrogen and oxygen atoms in total. The molecule has 0 heterocycles. The van der Waals surface area contributed by atoms with Crippen molar-refractivity contribution in [2.45, 2.75) is 13.0 Å². The summed E-state index contributed by atoms with van der Waals surface area (Å²) >= 11 is 3.36. The second-order valence-corrected chi connectivity index (χ2v) is 6.58. The number of carbonyl (C=O) groups is 1. The van der Waals surface area contributed by atoms with Gasteiger partial charge >= 0.3 is 0 Å². The number of amides is 1. The van der Waals surface area contributed by atoms with Gasteiger partial charge in [0.2, 0.25) is 0 Å². The minimum absolute atomic E-state index is 0.157. The normalized spacial score (nSPS) is 10.1. The van der Waals surface area contributed by atoms with Crippen LogP contribution in [0.25, 0.3) is 0 Å². The maximum absolute atomic E-state index is 12.6. The van der Waals surface area contributed by atoms with Crippen molar-refractivity contribution in [3.8, 4) is 11.5 Å². The van der Waals surface area contributed by atoms with Gasteiger partial charge in [-0.1, -0.05) is 52.3 Å². The summed E-state index contributed by atoms with van der Waals surface area (Å²) in [6.45, 7) is 5.26. The zero-order chi connectivity index (χ0) is 19.5. The lowest BCUT2D eigenvalue weighted by atomic mass is 10.1. The SMILES string of the molecule is C=CCNc1cc(OCc2ccccc2)c(OC)cc1C(=O)NCCCBr. The Bertz CT molecular complexity index is 751. The number of alkyl halides is 1. The first-order chi connectivity index (χ1) is 13.2. The monoisotopic (exact) mass is 432 g/mol. The van der Waals surface area contributed by atoms with Crippen molar-refractivity contribution in [3.05, 3.63) is 66.2 Å². The third-order valence-corrected chi connectivity index (χ3v) is 4.38. The summed E-state index contributed by atoms with van der Waals surface area (Å²) < 4.78 is 11.4. The Hall–Kier alpha value is -2.47. The Morgan fingerprint density at radius 1 is 1.22 bits per heavy atom. The predicted octanol–water partition coefficient (Wildman–Crippen LogP) is 4.39. The van der Waals surface area contributed by atoms with Crippen LogP contribution in [0.2, 0.25) is 0 Å². The van der Waals surface area contributed by atoms with E-state index in [1.165, 1.54) is 0 Å². The molecule has 144 valence electrons. The van der Waals surface area contributed by atoms with Crippen LogP contribution in [0.1, 0.15) is 22.3 Å². The molecule has 0 atom stereocenters. The van der Waals surface area contributed by atoms with E-state index in [2.05, 4.69) is 33.1 Å². The van der Waals surface area contributed by atoms with E-state index in [0.29, 0.717) is 42.4 Å². The lowest BCUT2D eigenvalue weighted by Gasteiger charge is -2.17. The van der Waals surface area contributed by atoms with Gasteiger partial charge in [0.15, 0.2) is 11.5 Å².